The van der Waals surface area contributed by atoms with E-state index in [1.54, 1.807) is 24.3 Å². The van der Waals surface area contributed by atoms with E-state index in [9.17, 15) is 24.5 Å². The van der Waals surface area contributed by atoms with Gasteiger partial charge in [0.2, 0.25) is 5.56 Å². The van der Waals surface area contributed by atoms with Gasteiger partial charge in [0.25, 0.3) is 11.6 Å². The molecule has 10 heteroatoms. The predicted molar refractivity (Wildman–Crippen MR) is 106 cm³/mol. The Labute approximate surface area is 168 Å². The van der Waals surface area contributed by atoms with Gasteiger partial charge in [-0.15, -0.1) is 0 Å². The van der Waals surface area contributed by atoms with Crippen molar-refractivity contribution in [3.05, 3.63) is 79.6 Å². The van der Waals surface area contributed by atoms with Crippen molar-refractivity contribution in [1.29, 1.82) is 0 Å². The fourth-order valence-corrected chi connectivity index (χ4v) is 2.83. The smallest absolute Gasteiger partial charge is 0.339 e. The van der Waals surface area contributed by atoms with Crippen molar-refractivity contribution in [2.75, 3.05) is 5.32 Å². The Bertz CT molecular complexity index is 1190. The van der Waals surface area contributed by atoms with Crippen LogP contribution in [0.25, 0.3) is 10.9 Å². The molecule has 0 saturated carbocycles. The van der Waals surface area contributed by atoms with E-state index in [-0.39, 0.29) is 22.0 Å². The number of carbonyl (C=O) groups is 2. The van der Waals surface area contributed by atoms with Crippen molar-refractivity contribution < 1.29 is 19.2 Å². The van der Waals surface area contributed by atoms with E-state index in [1.165, 1.54) is 19.1 Å². The average Bonchev–Trinajstić information content (AvgIpc) is 2.68. The van der Waals surface area contributed by atoms with Gasteiger partial charge in [0.1, 0.15) is 0 Å². The lowest BCUT2D eigenvalue weighted by atomic mass is 10.1. The maximum atomic E-state index is 12.5. The second kappa shape index (κ2) is 8.11. The Morgan fingerprint density at radius 2 is 1.93 bits per heavy atom. The second-order valence-corrected chi connectivity index (χ2v) is 6.46. The Hall–Kier alpha value is -3.72. The van der Waals surface area contributed by atoms with Gasteiger partial charge in [0.15, 0.2) is 6.10 Å². The van der Waals surface area contributed by atoms with E-state index < -0.39 is 28.5 Å². The predicted octanol–water partition coefficient (Wildman–Crippen LogP) is 3.27. The van der Waals surface area contributed by atoms with E-state index in [0.717, 1.165) is 12.1 Å². The van der Waals surface area contributed by atoms with Gasteiger partial charge in [-0.05, 0) is 19.1 Å². The summed E-state index contributed by atoms with van der Waals surface area (Å²) in [5, 5.41) is 13.6. The van der Waals surface area contributed by atoms with Crippen molar-refractivity contribution in [1.82, 2.24) is 4.98 Å². The molecule has 1 aromatic heterocycles. The summed E-state index contributed by atoms with van der Waals surface area (Å²) < 4.78 is 5.18. The van der Waals surface area contributed by atoms with E-state index >= 15 is 0 Å². The Balaban J connectivity index is 1.76. The molecule has 0 saturated heterocycles. The van der Waals surface area contributed by atoms with E-state index in [0.29, 0.717) is 10.9 Å². The van der Waals surface area contributed by atoms with Crippen LogP contribution in [0, 0.1) is 10.1 Å². The first-order valence-corrected chi connectivity index (χ1v) is 8.72. The first kappa shape index (κ1) is 20.0. The van der Waals surface area contributed by atoms with E-state index in [2.05, 4.69) is 10.3 Å². The van der Waals surface area contributed by atoms with Gasteiger partial charge in [-0.1, -0.05) is 29.8 Å². The van der Waals surface area contributed by atoms with Gasteiger partial charge in [-0.2, -0.15) is 0 Å². The zero-order valence-corrected chi connectivity index (χ0v) is 15.7. The number of para-hydroxylation sites is 1. The maximum absolute atomic E-state index is 12.5. The molecule has 1 heterocycles. The third-order valence-corrected chi connectivity index (χ3v) is 4.36. The molecule has 1 unspecified atom stereocenters. The summed E-state index contributed by atoms with van der Waals surface area (Å²) in [7, 11) is 0. The molecular weight excluding hydrogens is 402 g/mol. The summed E-state index contributed by atoms with van der Waals surface area (Å²) in [6.45, 7) is 1.35. The zero-order chi connectivity index (χ0) is 21.1. The molecule has 9 nitrogen and oxygen atoms in total. The van der Waals surface area contributed by atoms with Crippen LogP contribution >= 0.6 is 11.6 Å². The summed E-state index contributed by atoms with van der Waals surface area (Å²) in [6.07, 6.45) is -1.22. The highest BCUT2D eigenvalue weighted by molar-refractivity contribution is 6.34. The van der Waals surface area contributed by atoms with Crippen LogP contribution in [0.15, 0.2) is 53.3 Å². The lowest BCUT2D eigenvalue weighted by molar-refractivity contribution is -0.384. The quantitative estimate of drug-likeness (QED) is 0.373. The third-order valence-electron chi connectivity index (χ3n) is 4.04. The van der Waals surface area contributed by atoms with Crippen LogP contribution in [0.4, 0.5) is 11.4 Å². The molecule has 3 aromatic rings. The highest BCUT2D eigenvalue weighted by Gasteiger charge is 2.22. The summed E-state index contributed by atoms with van der Waals surface area (Å²) in [6, 6.07) is 11.3. The van der Waals surface area contributed by atoms with Crippen molar-refractivity contribution in [2.24, 2.45) is 0 Å². The number of carbonyl (C=O) groups excluding carboxylic acids is 2. The molecule has 148 valence electrons. The fourth-order valence-electron chi connectivity index (χ4n) is 2.60. The number of ether oxygens (including phenoxy) is 1. The number of aromatic amines is 1. The number of anilines is 1. The van der Waals surface area contributed by atoms with Gasteiger partial charge in [-0.3, -0.25) is 19.7 Å². The summed E-state index contributed by atoms with van der Waals surface area (Å²) in [5.74, 6) is -1.53. The number of hydrogen-bond donors (Lipinski definition) is 2. The van der Waals surface area contributed by atoms with Gasteiger partial charge in [-0.25, -0.2) is 4.79 Å². The van der Waals surface area contributed by atoms with Crippen LogP contribution in [-0.2, 0) is 9.53 Å². The lowest BCUT2D eigenvalue weighted by Crippen LogP contribution is -2.30. The zero-order valence-electron chi connectivity index (χ0n) is 15.0. The number of fused-ring (bicyclic) bond motifs is 1. The first-order valence-electron chi connectivity index (χ1n) is 8.34. The SMILES string of the molecule is CC(OC(=O)c1cc(=O)[nH]c2ccccc12)C(=O)Nc1ccc([N+](=O)[O-])cc1Cl. The van der Waals surface area contributed by atoms with Crippen LogP contribution < -0.4 is 10.9 Å². The van der Waals surface area contributed by atoms with Crippen molar-refractivity contribution in [3.8, 4) is 0 Å². The number of esters is 1. The summed E-state index contributed by atoms with van der Waals surface area (Å²) >= 11 is 5.94. The molecule has 2 N–H and O–H groups in total. The van der Waals surface area contributed by atoms with Crippen LogP contribution in [0.1, 0.15) is 17.3 Å². The average molecular weight is 416 g/mol. The number of nitro groups is 1. The second-order valence-electron chi connectivity index (χ2n) is 6.05. The summed E-state index contributed by atoms with van der Waals surface area (Å²) in [5.41, 5.74) is -0.0927. The van der Waals surface area contributed by atoms with Crippen LogP contribution in [0.2, 0.25) is 5.02 Å². The molecular formula is C19H14ClN3O6. The van der Waals surface area contributed by atoms with Crippen LogP contribution in [0.5, 0.6) is 0 Å². The minimum atomic E-state index is -1.22. The molecule has 0 radical (unpaired) electrons. The molecule has 0 fully saturated rings. The minimum Gasteiger partial charge on any atom is -0.449 e. The number of H-pyrrole nitrogens is 1. The molecule has 3 rings (SSSR count). The number of halogens is 1. The van der Waals surface area contributed by atoms with Gasteiger partial charge in [0, 0.05) is 29.1 Å². The number of pyridine rings is 1. The van der Waals surface area contributed by atoms with Gasteiger partial charge >= 0.3 is 5.97 Å². The number of aromatic nitrogens is 1. The van der Waals surface area contributed by atoms with Crippen LogP contribution in [-0.4, -0.2) is 27.9 Å². The topological polar surface area (TPSA) is 131 Å². The number of rotatable bonds is 5. The van der Waals surface area contributed by atoms with E-state index in [1.807, 2.05) is 0 Å². The van der Waals surface area contributed by atoms with Crippen molar-refractivity contribution in [3.63, 3.8) is 0 Å². The van der Waals surface area contributed by atoms with Gasteiger partial charge in [0.05, 0.1) is 21.2 Å². The Kier molecular flexibility index (Phi) is 5.60. The van der Waals surface area contributed by atoms with Crippen LogP contribution in [0.3, 0.4) is 0 Å². The number of nitrogens with one attached hydrogen (secondary N) is 2. The molecule has 29 heavy (non-hydrogen) atoms. The Morgan fingerprint density at radius 1 is 1.21 bits per heavy atom. The minimum absolute atomic E-state index is 0.0253. The standard InChI is InChI=1S/C19H14ClN3O6/c1-10(18(25)22-16-7-6-11(23(27)28)8-14(16)20)29-19(26)13-9-17(24)21-15-5-3-2-4-12(13)15/h2-10H,1H3,(H,21,24)(H,22,25). The fraction of sp³-hybridized carbons (Fsp3) is 0.105. The van der Waals surface area contributed by atoms with Crippen molar-refractivity contribution >= 4 is 45.8 Å². The first-order chi connectivity index (χ1) is 13.8. The number of nitrogens with zero attached hydrogens (tertiary/aromatic N) is 1. The molecule has 0 aliphatic carbocycles. The molecule has 2 aromatic carbocycles. The molecule has 0 bridgehead atoms. The van der Waals surface area contributed by atoms with E-state index in [4.69, 9.17) is 16.3 Å². The highest BCUT2D eigenvalue weighted by atomic mass is 35.5. The molecule has 1 amide bonds. The molecule has 0 aliphatic heterocycles. The normalized spacial score (nSPS) is 11.7. The molecule has 0 aliphatic rings. The number of hydrogen-bond acceptors (Lipinski definition) is 6. The maximum Gasteiger partial charge on any atom is 0.339 e. The van der Waals surface area contributed by atoms with Crippen molar-refractivity contribution in [2.45, 2.75) is 13.0 Å². The monoisotopic (exact) mass is 415 g/mol. The summed E-state index contributed by atoms with van der Waals surface area (Å²) in [4.78, 5) is 49.4. The largest absolute Gasteiger partial charge is 0.449 e. The number of amides is 1. The number of benzene rings is 2. The highest BCUT2D eigenvalue weighted by Crippen LogP contribution is 2.27. The molecule has 1 atom stereocenters. The number of nitro benzene ring substituents is 1. The lowest BCUT2D eigenvalue weighted by Gasteiger charge is -2.15. The Morgan fingerprint density at radius 3 is 2.62 bits per heavy atom. The molecule has 0 spiro atoms. The number of non-ortho nitro benzene ring substituents is 1. The van der Waals surface area contributed by atoms with Gasteiger partial charge < -0.3 is 15.0 Å². The third kappa shape index (κ3) is 4.41.